The molecule has 0 aliphatic carbocycles. The lowest BCUT2D eigenvalue weighted by atomic mass is 9.76. The van der Waals surface area contributed by atoms with E-state index in [1.165, 1.54) is 11.3 Å². The first-order valence-corrected chi connectivity index (χ1v) is 10.4. The van der Waals surface area contributed by atoms with Gasteiger partial charge in [0, 0.05) is 29.3 Å². The van der Waals surface area contributed by atoms with Crippen molar-refractivity contribution in [1.82, 2.24) is 0 Å². The first-order valence-electron chi connectivity index (χ1n) is 9.98. The molecule has 29 heavy (non-hydrogen) atoms. The molecule has 1 aliphatic heterocycles. The van der Waals surface area contributed by atoms with Crippen LogP contribution in [0.1, 0.15) is 68.1 Å². The minimum absolute atomic E-state index is 0.0171. The van der Waals surface area contributed by atoms with Gasteiger partial charge in [-0.15, -0.1) is 0 Å². The molecule has 0 saturated carbocycles. The molecular formula is C25H27NO2S. The van der Waals surface area contributed by atoms with Crippen LogP contribution in [0, 0.1) is 11.8 Å². The smallest absolute Gasteiger partial charge is 0.338 e. The van der Waals surface area contributed by atoms with Crippen molar-refractivity contribution < 1.29 is 9.53 Å². The van der Waals surface area contributed by atoms with Crippen LogP contribution in [-0.4, -0.2) is 23.6 Å². The van der Waals surface area contributed by atoms with Crippen molar-refractivity contribution in [1.29, 1.82) is 0 Å². The molecule has 3 nitrogen and oxygen atoms in total. The Labute approximate surface area is 179 Å². The number of esters is 1. The summed E-state index contributed by atoms with van der Waals surface area (Å²) < 4.78 is 5.01. The Bertz CT molecular complexity index is 994. The maximum Gasteiger partial charge on any atom is 0.338 e. The monoisotopic (exact) mass is 405 g/mol. The Kier molecular flexibility index (Phi) is 6.10. The Hall–Kier alpha value is -2.64. The van der Waals surface area contributed by atoms with Crippen LogP contribution in [0.5, 0.6) is 0 Å². The van der Waals surface area contributed by atoms with Gasteiger partial charge < -0.3 is 9.64 Å². The number of carbonyl (C=O) groups is 1. The topological polar surface area (TPSA) is 29.5 Å². The van der Waals surface area contributed by atoms with Crippen LogP contribution in [0.3, 0.4) is 0 Å². The molecule has 4 heteroatoms. The minimum Gasteiger partial charge on any atom is -0.462 e. The van der Waals surface area contributed by atoms with Crippen LogP contribution in [0.25, 0.3) is 0 Å². The van der Waals surface area contributed by atoms with Gasteiger partial charge in [-0.25, -0.2) is 4.79 Å². The molecule has 2 aromatic carbocycles. The summed E-state index contributed by atoms with van der Waals surface area (Å²) in [7, 11) is 0. The summed E-state index contributed by atoms with van der Waals surface area (Å²) >= 11 is 5.69. The van der Waals surface area contributed by atoms with Gasteiger partial charge in [0.15, 0.2) is 0 Å². The minimum atomic E-state index is -0.309. The summed E-state index contributed by atoms with van der Waals surface area (Å²) in [6.45, 7) is 11.0. The Morgan fingerprint density at radius 3 is 2.38 bits per heavy atom. The highest BCUT2D eigenvalue weighted by atomic mass is 32.1. The second-order valence-corrected chi connectivity index (χ2v) is 8.67. The third kappa shape index (κ3) is 4.52. The second kappa shape index (κ2) is 8.39. The number of nitrogens with zero attached hydrogens (tertiary/aromatic N) is 1. The molecule has 0 fully saturated rings. The molecular weight excluding hydrogens is 378 g/mol. The molecule has 0 aromatic heterocycles. The Morgan fingerprint density at radius 2 is 1.76 bits per heavy atom. The average Bonchev–Trinajstić information content (AvgIpc) is 2.66. The van der Waals surface area contributed by atoms with Crippen molar-refractivity contribution in [3.05, 3.63) is 64.7 Å². The highest BCUT2D eigenvalue weighted by molar-refractivity contribution is 7.80. The molecule has 0 unspecified atom stereocenters. The molecule has 0 radical (unpaired) electrons. The van der Waals surface area contributed by atoms with E-state index in [4.69, 9.17) is 17.0 Å². The molecule has 1 heterocycles. The molecule has 0 amide bonds. The lowest BCUT2D eigenvalue weighted by molar-refractivity contribution is 0.0526. The van der Waals surface area contributed by atoms with E-state index in [1.54, 1.807) is 19.1 Å². The predicted octanol–water partition coefficient (Wildman–Crippen LogP) is 5.49. The lowest BCUT2D eigenvalue weighted by Crippen LogP contribution is -2.44. The standard InChI is InChI=1S/C25H27NO2S/c1-6-28-24(27)20-12-9-18(10-13-20)7-8-19-11-14-22-21(15-19)25(4,5)16-23(29)26(22)17(2)3/h9-15,17H,6,16H2,1-5H3. The molecule has 0 N–H and O–H groups in total. The second-order valence-electron chi connectivity index (χ2n) is 8.20. The average molecular weight is 406 g/mol. The van der Waals surface area contributed by atoms with E-state index in [9.17, 15) is 4.79 Å². The van der Waals surface area contributed by atoms with E-state index in [0.717, 1.165) is 22.5 Å². The van der Waals surface area contributed by atoms with E-state index in [1.807, 2.05) is 12.1 Å². The lowest BCUT2D eigenvalue weighted by Gasteiger charge is -2.42. The van der Waals surface area contributed by atoms with Crippen molar-refractivity contribution in [2.24, 2.45) is 0 Å². The van der Waals surface area contributed by atoms with Gasteiger partial charge in [0.05, 0.1) is 17.2 Å². The third-order valence-electron chi connectivity index (χ3n) is 5.11. The van der Waals surface area contributed by atoms with Crippen LogP contribution in [0.2, 0.25) is 0 Å². The number of benzene rings is 2. The van der Waals surface area contributed by atoms with E-state index in [0.29, 0.717) is 18.2 Å². The number of hydrogen-bond donors (Lipinski definition) is 0. The fourth-order valence-electron chi connectivity index (χ4n) is 3.67. The van der Waals surface area contributed by atoms with E-state index in [-0.39, 0.29) is 11.4 Å². The van der Waals surface area contributed by atoms with Crippen molar-refractivity contribution in [2.45, 2.75) is 52.5 Å². The number of ether oxygens (including phenoxy) is 1. The van der Waals surface area contributed by atoms with Crippen molar-refractivity contribution >= 4 is 28.9 Å². The zero-order chi connectivity index (χ0) is 21.2. The number of hydrogen-bond acceptors (Lipinski definition) is 3. The fraction of sp³-hybridized carbons (Fsp3) is 0.360. The number of thiocarbonyl (C=S) groups is 1. The Balaban J connectivity index is 1.89. The van der Waals surface area contributed by atoms with Gasteiger partial charge in [0.2, 0.25) is 0 Å². The van der Waals surface area contributed by atoms with Crippen LogP contribution in [0.4, 0.5) is 5.69 Å². The number of anilines is 1. The predicted molar refractivity (Wildman–Crippen MR) is 123 cm³/mol. The van der Waals surface area contributed by atoms with Gasteiger partial charge in [0.25, 0.3) is 0 Å². The first kappa shape index (κ1) is 21.1. The highest BCUT2D eigenvalue weighted by Crippen LogP contribution is 2.41. The number of carbonyl (C=O) groups excluding carboxylic acids is 1. The van der Waals surface area contributed by atoms with Gasteiger partial charge >= 0.3 is 5.97 Å². The largest absolute Gasteiger partial charge is 0.462 e. The van der Waals surface area contributed by atoms with Crippen molar-refractivity contribution in [3.8, 4) is 11.8 Å². The van der Waals surface area contributed by atoms with Gasteiger partial charge in [-0.05, 0) is 74.2 Å². The fourth-order valence-corrected chi connectivity index (χ4v) is 4.34. The maximum atomic E-state index is 11.8. The molecule has 3 rings (SSSR count). The van der Waals surface area contributed by atoms with Crippen LogP contribution in [0.15, 0.2) is 42.5 Å². The van der Waals surface area contributed by atoms with E-state index >= 15 is 0 Å². The van der Waals surface area contributed by atoms with Crippen LogP contribution < -0.4 is 4.90 Å². The summed E-state index contributed by atoms with van der Waals surface area (Å²) in [5, 5.41) is 0. The molecule has 1 aliphatic rings. The van der Waals surface area contributed by atoms with Gasteiger partial charge in [0.1, 0.15) is 0 Å². The summed E-state index contributed by atoms with van der Waals surface area (Å²) in [6, 6.07) is 13.9. The van der Waals surface area contributed by atoms with E-state index < -0.39 is 0 Å². The van der Waals surface area contributed by atoms with Gasteiger partial charge in [-0.2, -0.15) is 0 Å². The normalized spacial score (nSPS) is 14.8. The summed E-state index contributed by atoms with van der Waals surface area (Å²) in [5.74, 6) is 6.15. The number of rotatable bonds is 3. The van der Waals surface area contributed by atoms with Crippen LogP contribution >= 0.6 is 12.2 Å². The zero-order valence-electron chi connectivity index (χ0n) is 17.7. The quantitative estimate of drug-likeness (QED) is 0.384. The molecule has 0 bridgehead atoms. The Morgan fingerprint density at radius 1 is 1.14 bits per heavy atom. The summed E-state index contributed by atoms with van der Waals surface area (Å²) in [4.78, 5) is 15.0. The van der Waals surface area contributed by atoms with E-state index in [2.05, 4.69) is 62.6 Å². The van der Waals surface area contributed by atoms with Crippen LogP contribution in [-0.2, 0) is 10.2 Å². The third-order valence-corrected chi connectivity index (χ3v) is 5.45. The highest BCUT2D eigenvalue weighted by Gasteiger charge is 2.35. The zero-order valence-corrected chi connectivity index (χ0v) is 18.5. The SMILES string of the molecule is CCOC(=O)c1ccc(C#Cc2ccc3c(c2)C(C)(C)CC(=S)N3C(C)C)cc1. The van der Waals surface area contributed by atoms with Gasteiger partial charge in [-0.1, -0.05) is 37.9 Å². The van der Waals surface area contributed by atoms with Crippen molar-refractivity contribution in [2.75, 3.05) is 11.5 Å². The van der Waals surface area contributed by atoms with Gasteiger partial charge in [-0.3, -0.25) is 0 Å². The molecule has 0 saturated heterocycles. The molecule has 0 spiro atoms. The molecule has 0 atom stereocenters. The van der Waals surface area contributed by atoms with Crippen molar-refractivity contribution in [3.63, 3.8) is 0 Å². The number of fused-ring (bicyclic) bond motifs is 1. The molecule has 2 aromatic rings. The molecule has 150 valence electrons. The maximum absolute atomic E-state index is 11.8. The summed E-state index contributed by atoms with van der Waals surface area (Å²) in [6.07, 6.45) is 0.861. The first-order chi connectivity index (χ1) is 13.7. The summed E-state index contributed by atoms with van der Waals surface area (Å²) in [5.41, 5.74) is 4.83.